The number of ether oxygens (including phenoxy) is 2. The quantitative estimate of drug-likeness (QED) is 0.624. The Bertz CT molecular complexity index is 301. The highest BCUT2D eigenvalue weighted by Crippen LogP contribution is 2.02. The number of rotatable bonds is 11. The fourth-order valence-corrected chi connectivity index (χ4v) is 1.76. The van der Waals surface area contributed by atoms with Crippen molar-refractivity contribution in [3.63, 3.8) is 0 Å². The van der Waals surface area contributed by atoms with Crippen molar-refractivity contribution in [2.75, 3.05) is 33.0 Å². The van der Waals surface area contributed by atoms with Gasteiger partial charge in [0.1, 0.15) is 0 Å². The molecule has 0 aromatic heterocycles. The molecule has 0 saturated heterocycles. The van der Waals surface area contributed by atoms with Gasteiger partial charge in [-0.2, -0.15) is 0 Å². The minimum atomic E-state index is 0.526. The van der Waals surface area contributed by atoms with Crippen LogP contribution in [0.25, 0.3) is 0 Å². The summed E-state index contributed by atoms with van der Waals surface area (Å²) in [5.74, 6) is 0. The third-order valence-corrected chi connectivity index (χ3v) is 2.77. The Kier molecular flexibility index (Phi) is 9.33. The van der Waals surface area contributed by atoms with Gasteiger partial charge in [-0.05, 0) is 18.4 Å². The van der Waals surface area contributed by atoms with Crippen molar-refractivity contribution in [2.24, 2.45) is 0 Å². The second kappa shape index (κ2) is 11.0. The summed E-state index contributed by atoms with van der Waals surface area (Å²) in [6, 6.07) is 11.0. The van der Waals surface area contributed by atoms with E-state index in [9.17, 15) is 0 Å². The van der Waals surface area contributed by atoms with Crippen LogP contribution in [0.1, 0.15) is 25.8 Å². The number of hydrogen-bond donors (Lipinski definition) is 1. The van der Waals surface area contributed by atoms with E-state index in [4.69, 9.17) is 9.47 Å². The molecule has 0 bridgehead atoms. The van der Waals surface area contributed by atoms with Crippen molar-refractivity contribution < 1.29 is 9.47 Å². The molecule has 0 fully saturated rings. The largest absolute Gasteiger partial charge is 0.379 e. The van der Waals surface area contributed by atoms with Crippen molar-refractivity contribution >= 4 is 0 Å². The average molecular weight is 265 g/mol. The topological polar surface area (TPSA) is 30.5 Å². The van der Waals surface area contributed by atoms with Gasteiger partial charge in [0.2, 0.25) is 0 Å². The average Bonchev–Trinajstić information content (AvgIpc) is 2.42. The van der Waals surface area contributed by atoms with Crippen LogP contribution >= 0.6 is 0 Å². The Labute approximate surface area is 117 Å². The van der Waals surface area contributed by atoms with Crippen LogP contribution in [-0.4, -0.2) is 39.0 Å². The molecule has 0 aliphatic carbocycles. The summed E-state index contributed by atoms with van der Waals surface area (Å²) in [5.41, 5.74) is 1.38. The summed E-state index contributed by atoms with van der Waals surface area (Å²) >= 11 is 0. The lowest BCUT2D eigenvalue weighted by atomic mass is 10.1. The van der Waals surface area contributed by atoms with E-state index in [1.807, 2.05) is 6.07 Å². The normalized spacial score (nSPS) is 11.1. The Balaban J connectivity index is 1.81. The van der Waals surface area contributed by atoms with E-state index < -0.39 is 0 Å². The van der Waals surface area contributed by atoms with Gasteiger partial charge in [-0.15, -0.1) is 0 Å². The highest BCUT2D eigenvalue weighted by Gasteiger charge is 1.94. The summed E-state index contributed by atoms with van der Waals surface area (Å²) in [6.07, 6.45) is 2.15. The van der Waals surface area contributed by atoms with Crippen molar-refractivity contribution in [1.29, 1.82) is 0 Å². The van der Waals surface area contributed by atoms with Crippen LogP contribution in [0.2, 0.25) is 0 Å². The monoisotopic (exact) mass is 265 g/mol. The van der Waals surface area contributed by atoms with Gasteiger partial charge in [-0.25, -0.2) is 0 Å². The zero-order valence-corrected chi connectivity index (χ0v) is 12.2. The molecule has 1 aromatic carbocycles. The molecule has 1 N–H and O–H groups in total. The minimum absolute atomic E-state index is 0.526. The first kappa shape index (κ1) is 16.2. The molecule has 3 nitrogen and oxygen atoms in total. The van der Waals surface area contributed by atoms with E-state index in [0.717, 1.165) is 32.6 Å². The standard InChI is InChI=1S/C16H27NO2/c1-15(2)17-10-12-19-14-13-18-11-6-9-16-7-4-3-5-8-16/h3-5,7-8,15,17H,6,9-14H2,1-2H3. The van der Waals surface area contributed by atoms with E-state index in [1.165, 1.54) is 5.56 Å². The maximum atomic E-state index is 5.54. The molecule has 0 atom stereocenters. The van der Waals surface area contributed by atoms with Gasteiger partial charge >= 0.3 is 0 Å². The molecule has 0 radical (unpaired) electrons. The summed E-state index contributed by atoms with van der Waals surface area (Å²) in [5, 5.41) is 3.31. The molecule has 0 unspecified atom stereocenters. The molecule has 108 valence electrons. The molecule has 0 amide bonds. The summed E-state index contributed by atoms with van der Waals surface area (Å²) in [6.45, 7) is 8.12. The van der Waals surface area contributed by atoms with Crippen LogP contribution in [0.5, 0.6) is 0 Å². The lowest BCUT2D eigenvalue weighted by molar-refractivity contribution is 0.0476. The molecular weight excluding hydrogens is 238 g/mol. The second-order valence-electron chi connectivity index (χ2n) is 4.92. The lowest BCUT2D eigenvalue weighted by Crippen LogP contribution is -2.27. The van der Waals surface area contributed by atoms with Crippen molar-refractivity contribution in [2.45, 2.75) is 32.7 Å². The SMILES string of the molecule is CC(C)NCCOCCOCCCc1ccccc1. The van der Waals surface area contributed by atoms with Gasteiger partial charge in [0, 0.05) is 19.2 Å². The Morgan fingerprint density at radius 1 is 0.947 bits per heavy atom. The molecule has 1 rings (SSSR count). The molecule has 0 saturated carbocycles. The van der Waals surface area contributed by atoms with E-state index in [0.29, 0.717) is 19.3 Å². The highest BCUT2D eigenvalue weighted by molar-refractivity contribution is 5.14. The molecule has 0 aliphatic rings. The Morgan fingerprint density at radius 3 is 2.32 bits per heavy atom. The lowest BCUT2D eigenvalue weighted by Gasteiger charge is -2.09. The third-order valence-electron chi connectivity index (χ3n) is 2.77. The van der Waals surface area contributed by atoms with Gasteiger partial charge in [-0.3, -0.25) is 0 Å². The molecule has 0 spiro atoms. The second-order valence-corrected chi connectivity index (χ2v) is 4.92. The number of benzene rings is 1. The zero-order chi connectivity index (χ0) is 13.8. The predicted molar refractivity (Wildman–Crippen MR) is 79.5 cm³/mol. The van der Waals surface area contributed by atoms with Crippen LogP contribution in [0.15, 0.2) is 30.3 Å². The van der Waals surface area contributed by atoms with Crippen LogP contribution in [0.4, 0.5) is 0 Å². The molecule has 0 aliphatic heterocycles. The van der Waals surface area contributed by atoms with Gasteiger partial charge in [-0.1, -0.05) is 44.2 Å². The van der Waals surface area contributed by atoms with Crippen LogP contribution < -0.4 is 5.32 Å². The maximum Gasteiger partial charge on any atom is 0.0701 e. The summed E-state index contributed by atoms with van der Waals surface area (Å²) in [4.78, 5) is 0. The first-order valence-electron chi connectivity index (χ1n) is 7.22. The molecule has 1 aromatic rings. The van der Waals surface area contributed by atoms with E-state index in [1.54, 1.807) is 0 Å². The highest BCUT2D eigenvalue weighted by atomic mass is 16.5. The minimum Gasteiger partial charge on any atom is -0.379 e. The molecule has 0 heterocycles. The molecule has 3 heteroatoms. The van der Waals surface area contributed by atoms with E-state index >= 15 is 0 Å². The van der Waals surface area contributed by atoms with Crippen molar-refractivity contribution in [3.8, 4) is 0 Å². The smallest absolute Gasteiger partial charge is 0.0701 e. The third kappa shape index (κ3) is 9.65. The first-order chi connectivity index (χ1) is 9.29. The molecule has 19 heavy (non-hydrogen) atoms. The van der Waals surface area contributed by atoms with Gasteiger partial charge in [0.05, 0.1) is 19.8 Å². The summed E-state index contributed by atoms with van der Waals surface area (Å²) < 4.78 is 11.0. The van der Waals surface area contributed by atoms with E-state index in [2.05, 4.69) is 43.4 Å². The maximum absolute atomic E-state index is 5.54. The van der Waals surface area contributed by atoms with Gasteiger partial charge in [0.15, 0.2) is 0 Å². The van der Waals surface area contributed by atoms with Gasteiger partial charge < -0.3 is 14.8 Å². The molecular formula is C16H27NO2. The Morgan fingerprint density at radius 2 is 1.63 bits per heavy atom. The number of aryl methyl sites for hydroxylation is 1. The van der Waals surface area contributed by atoms with Crippen molar-refractivity contribution in [3.05, 3.63) is 35.9 Å². The van der Waals surface area contributed by atoms with Crippen LogP contribution in [-0.2, 0) is 15.9 Å². The first-order valence-corrected chi connectivity index (χ1v) is 7.22. The predicted octanol–water partition coefficient (Wildman–Crippen LogP) is 2.65. The van der Waals surface area contributed by atoms with Crippen molar-refractivity contribution in [1.82, 2.24) is 5.32 Å². The zero-order valence-electron chi connectivity index (χ0n) is 12.2. The van der Waals surface area contributed by atoms with Crippen LogP contribution in [0, 0.1) is 0 Å². The summed E-state index contributed by atoms with van der Waals surface area (Å²) in [7, 11) is 0. The fourth-order valence-electron chi connectivity index (χ4n) is 1.76. The van der Waals surface area contributed by atoms with E-state index in [-0.39, 0.29) is 0 Å². The fraction of sp³-hybridized carbons (Fsp3) is 0.625. The Hall–Kier alpha value is -0.900. The van der Waals surface area contributed by atoms with Crippen LogP contribution in [0.3, 0.4) is 0 Å². The number of nitrogens with one attached hydrogen (secondary N) is 1. The van der Waals surface area contributed by atoms with Gasteiger partial charge in [0.25, 0.3) is 0 Å². The number of hydrogen-bond acceptors (Lipinski definition) is 3.